The van der Waals surface area contributed by atoms with E-state index in [1.807, 2.05) is 86.0 Å². The number of fused-ring (bicyclic) bond motifs is 4. The predicted octanol–water partition coefficient (Wildman–Crippen LogP) is 6.94. The molecule has 0 aliphatic carbocycles. The van der Waals surface area contributed by atoms with Crippen molar-refractivity contribution in [2.75, 3.05) is 25.6 Å². The van der Waals surface area contributed by atoms with E-state index in [1.165, 1.54) is 0 Å². The second-order valence-corrected chi connectivity index (χ2v) is 12.5. The Kier molecular flexibility index (Phi) is 10.4. The number of nitrogens with one attached hydrogen (secondary N) is 1. The lowest BCUT2D eigenvalue weighted by atomic mass is 10.1. The van der Waals surface area contributed by atoms with Gasteiger partial charge in [0.25, 0.3) is 0 Å². The van der Waals surface area contributed by atoms with Crippen molar-refractivity contribution in [1.82, 2.24) is 19.6 Å². The normalized spacial score (nSPS) is 14.4. The smallest absolute Gasteiger partial charge is 0.459 e. The molecule has 0 saturated carbocycles. The van der Waals surface area contributed by atoms with Crippen molar-refractivity contribution in [3.63, 3.8) is 0 Å². The molecular weight excluding hydrogens is 593 g/mol. The fourth-order valence-corrected chi connectivity index (χ4v) is 6.74. The highest BCUT2D eigenvalue weighted by Crippen LogP contribution is 2.47. The number of nitrogens with two attached hydrogens (primary N) is 1. The molecule has 0 unspecified atom stereocenters. The summed E-state index contributed by atoms with van der Waals surface area (Å²) in [6.07, 6.45) is 1.61. The van der Waals surface area contributed by atoms with E-state index in [0.29, 0.717) is 29.5 Å². The van der Waals surface area contributed by atoms with E-state index in [0.717, 1.165) is 40.0 Å². The number of benzene rings is 3. The molecule has 0 spiro atoms. The van der Waals surface area contributed by atoms with Crippen LogP contribution >= 0.6 is 7.75 Å². The Morgan fingerprint density at radius 1 is 1.00 bits per heavy atom. The highest BCUT2D eigenvalue weighted by Gasteiger charge is 2.34. The zero-order valence-corrected chi connectivity index (χ0v) is 27.0. The summed E-state index contributed by atoms with van der Waals surface area (Å²) in [6, 6.07) is 19.4. The molecule has 3 N–H and O–H groups in total. The second kappa shape index (κ2) is 14.4. The first kappa shape index (κ1) is 32.4. The number of carbonyl (C=O) groups excluding carboxylic acids is 1. The van der Waals surface area contributed by atoms with Gasteiger partial charge in [-0.05, 0) is 44.7 Å². The molecule has 5 aromatic rings. The number of unbranched alkanes of at least 4 members (excludes halogenated alkanes) is 1. The van der Waals surface area contributed by atoms with Crippen LogP contribution in [0, 0.1) is 0 Å². The first-order valence-electron chi connectivity index (χ1n) is 15.2. The maximum Gasteiger partial charge on any atom is 0.459 e. The summed E-state index contributed by atoms with van der Waals surface area (Å²) < 4.78 is 39.9. The third kappa shape index (κ3) is 7.28. The average Bonchev–Trinajstić information content (AvgIpc) is 3.43. The standard InChI is InChI=1S/C33H40N5O6P/c1-5-7-19-42-33(39)23(4)37-45(40,44-28-18-12-14-24-13-8-9-15-25(24)28)43-20-22(3)38-29(21-41-6-2)36-30-31(38)26-16-10-11-17-27(26)35-32(30)34/h8-18,22-23H,5-7,19-21H2,1-4H3,(H2,34,35)(H,37,40)/t22-,23+,45+/m1/s1. The van der Waals surface area contributed by atoms with Crippen molar-refractivity contribution in [2.45, 2.75) is 59.2 Å². The van der Waals surface area contributed by atoms with Gasteiger partial charge in [-0.2, -0.15) is 5.09 Å². The van der Waals surface area contributed by atoms with Crippen LogP contribution in [0.2, 0.25) is 0 Å². The number of hydrogen-bond acceptors (Lipinski definition) is 9. The number of ether oxygens (including phenoxy) is 2. The molecule has 0 bridgehead atoms. The summed E-state index contributed by atoms with van der Waals surface area (Å²) in [7, 11) is -4.16. The Balaban J connectivity index is 1.49. The van der Waals surface area contributed by atoms with Gasteiger partial charge in [-0.3, -0.25) is 9.32 Å². The number of para-hydroxylation sites is 1. The minimum absolute atomic E-state index is 0.0617. The van der Waals surface area contributed by atoms with E-state index in [9.17, 15) is 9.36 Å². The zero-order valence-electron chi connectivity index (χ0n) is 26.1. The first-order chi connectivity index (χ1) is 21.7. The Morgan fingerprint density at radius 2 is 1.73 bits per heavy atom. The third-order valence-electron chi connectivity index (χ3n) is 7.40. The van der Waals surface area contributed by atoms with Gasteiger partial charge in [0.15, 0.2) is 5.82 Å². The number of pyridine rings is 1. The number of imidazole rings is 1. The summed E-state index contributed by atoms with van der Waals surface area (Å²) in [5.41, 5.74) is 8.40. The van der Waals surface area contributed by atoms with Crippen LogP contribution < -0.4 is 15.3 Å². The van der Waals surface area contributed by atoms with Gasteiger partial charge in [0.1, 0.15) is 29.7 Å². The monoisotopic (exact) mass is 633 g/mol. The van der Waals surface area contributed by atoms with Crippen LogP contribution in [0.1, 0.15) is 52.4 Å². The molecule has 2 heterocycles. The second-order valence-electron chi connectivity index (χ2n) is 10.8. The van der Waals surface area contributed by atoms with Crippen molar-refractivity contribution in [2.24, 2.45) is 0 Å². The van der Waals surface area contributed by atoms with Crippen molar-refractivity contribution in [1.29, 1.82) is 0 Å². The summed E-state index contributed by atoms with van der Waals surface area (Å²) in [6.45, 7) is 8.35. The van der Waals surface area contributed by atoms with Gasteiger partial charge < -0.3 is 24.3 Å². The predicted molar refractivity (Wildman–Crippen MR) is 176 cm³/mol. The molecule has 3 aromatic carbocycles. The lowest BCUT2D eigenvalue weighted by molar-refractivity contribution is -0.145. The van der Waals surface area contributed by atoms with Crippen LogP contribution in [0.5, 0.6) is 5.75 Å². The fraction of sp³-hybridized carbons (Fsp3) is 0.364. The minimum atomic E-state index is -4.16. The van der Waals surface area contributed by atoms with E-state index in [1.54, 1.807) is 13.0 Å². The molecule has 238 valence electrons. The van der Waals surface area contributed by atoms with Crippen LogP contribution in [-0.4, -0.2) is 46.4 Å². The van der Waals surface area contributed by atoms with E-state index < -0.39 is 25.8 Å². The third-order valence-corrected chi connectivity index (χ3v) is 9.03. The van der Waals surface area contributed by atoms with Gasteiger partial charge >= 0.3 is 13.7 Å². The summed E-state index contributed by atoms with van der Waals surface area (Å²) in [5, 5.41) is 5.34. The average molecular weight is 634 g/mol. The van der Waals surface area contributed by atoms with Gasteiger partial charge in [0.05, 0.1) is 30.3 Å². The number of carbonyl (C=O) groups is 1. The lowest BCUT2D eigenvalue weighted by Crippen LogP contribution is -2.35. The van der Waals surface area contributed by atoms with Gasteiger partial charge in [0.2, 0.25) is 0 Å². The molecule has 0 amide bonds. The first-order valence-corrected chi connectivity index (χ1v) is 16.8. The van der Waals surface area contributed by atoms with Gasteiger partial charge in [-0.25, -0.2) is 14.5 Å². The highest BCUT2D eigenvalue weighted by molar-refractivity contribution is 7.52. The number of nitrogens with zero attached hydrogens (tertiary/aromatic N) is 3. The topological polar surface area (TPSA) is 140 Å². The molecule has 0 aliphatic heterocycles. The van der Waals surface area contributed by atoms with Gasteiger partial charge in [-0.15, -0.1) is 0 Å². The van der Waals surface area contributed by atoms with Crippen LogP contribution in [0.3, 0.4) is 0 Å². The number of anilines is 1. The molecule has 45 heavy (non-hydrogen) atoms. The summed E-state index contributed by atoms with van der Waals surface area (Å²) >= 11 is 0. The largest absolute Gasteiger partial charge is 0.465 e. The number of hydrogen-bond donors (Lipinski definition) is 2. The maximum absolute atomic E-state index is 14.5. The molecule has 0 saturated heterocycles. The zero-order chi connectivity index (χ0) is 32.0. The van der Waals surface area contributed by atoms with Gasteiger partial charge in [0, 0.05) is 17.4 Å². The molecule has 3 atom stereocenters. The molecule has 12 heteroatoms. The quantitative estimate of drug-likeness (QED) is 0.0708. The minimum Gasteiger partial charge on any atom is -0.465 e. The lowest BCUT2D eigenvalue weighted by Gasteiger charge is -2.26. The van der Waals surface area contributed by atoms with E-state index >= 15 is 0 Å². The molecule has 0 fully saturated rings. The van der Waals surface area contributed by atoms with Gasteiger partial charge in [-0.1, -0.05) is 67.9 Å². The number of nitrogen functional groups attached to an aromatic ring is 1. The molecule has 2 aromatic heterocycles. The van der Waals surface area contributed by atoms with Crippen LogP contribution in [0.4, 0.5) is 5.82 Å². The van der Waals surface area contributed by atoms with Crippen molar-refractivity contribution in [3.8, 4) is 5.75 Å². The molecule has 0 aliphatic rings. The van der Waals surface area contributed by atoms with Crippen LogP contribution in [-0.2, 0) is 30.0 Å². The Labute approximate surface area is 262 Å². The SMILES string of the molecule is CCCCOC(=O)[C@H](C)N[P@](=O)(OC[C@@H](C)n1c(COCC)nc2c(N)nc3ccccc3c21)Oc1cccc2ccccc12. The van der Waals surface area contributed by atoms with E-state index in [2.05, 4.69) is 10.1 Å². The number of esters is 1. The van der Waals surface area contributed by atoms with E-state index in [-0.39, 0.29) is 19.8 Å². The summed E-state index contributed by atoms with van der Waals surface area (Å²) in [5.74, 6) is 0.739. The van der Waals surface area contributed by atoms with Crippen LogP contribution in [0.25, 0.3) is 32.7 Å². The molecular formula is C33H40N5O6P. The number of aromatic nitrogens is 3. The van der Waals surface area contributed by atoms with Crippen molar-refractivity contribution < 1.29 is 27.9 Å². The Hall–Kier alpha value is -4.02. The maximum atomic E-state index is 14.5. The molecule has 5 rings (SSSR count). The van der Waals surface area contributed by atoms with E-state index in [4.69, 9.17) is 29.2 Å². The molecule has 11 nitrogen and oxygen atoms in total. The Bertz CT molecular complexity index is 1840. The molecule has 0 radical (unpaired) electrons. The van der Waals surface area contributed by atoms with Crippen LogP contribution in [0.15, 0.2) is 66.7 Å². The number of rotatable bonds is 15. The summed E-state index contributed by atoms with van der Waals surface area (Å²) in [4.78, 5) is 22.1. The van der Waals surface area contributed by atoms with Crippen molar-refractivity contribution >= 4 is 52.2 Å². The Morgan fingerprint density at radius 3 is 2.51 bits per heavy atom. The highest BCUT2D eigenvalue weighted by atomic mass is 31.2. The fourth-order valence-electron chi connectivity index (χ4n) is 5.15. The van der Waals surface area contributed by atoms with Crippen molar-refractivity contribution in [3.05, 3.63) is 72.6 Å².